The van der Waals surface area contributed by atoms with Crippen LogP contribution in [0.2, 0.25) is 0 Å². The zero-order valence-electron chi connectivity index (χ0n) is 16.4. The normalized spacial score (nSPS) is 16.4. The Labute approximate surface area is 182 Å². The van der Waals surface area contributed by atoms with Gasteiger partial charge in [-0.05, 0) is 29.5 Å². The summed E-state index contributed by atoms with van der Waals surface area (Å²) in [7, 11) is -1.18. The molecule has 2 aromatic rings. The summed E-state index contributed by atoms with van der Waals surface area (Å²) in [6.07, 6.45) is 1.27. The van der Waals surface area contributed by atoms with Crippen molar-refractivity contribution in [1.29, 1.82) is 0 Å². The van der Waals surface area contributed by atoms with Crippen molar-refractivity contribution in [3.8, 4) is 11.5 Å². The monoisotopic (exact) mass is 463 g/mol. The number of rotatable bonds is 7. The Bertz CT molecular complexity index is 1190. The highest BCUT2D eigenvalue weighted by Gasteiger charge is 2.28. The van der Waals surface area contributed by atoms with E-state index in [2.05, 4.69) is 9.71 Å². The third-order valence-corrected chi connectivity index (χ3v) is 6.27. The molecule has 0 atom stereocenters. The van der Waals surface area contributed by atoms with Crippen LogP contribution in [0.4, 0.5) is 5.69 Å². The average molecular weight is 463 g/mol. The molecule has 12 heteroatoms. The van der Waals surface area contributed by atoms with Gasteiger partial charge >= 0.3 is 0 Å². The zero-order valence-corrected chi connectivity index (χ0v) is 18.0. The maximum absolute atomic E-state index is 12.3. The van der Waals surface area contributed by atoms with Gasteiger partial charge in [0.2, 0.25) is 0 Å². The first-order valence-electron chi connectivity index (χ1n) is 8.70. The fourth-order valence-electron chi connectivity index (χ4n) is 2.71. The number of thioether (sulfide) groups is 1. The number of methoxy groups -OCH3 is 2. The lowest BCUT2D eigenvalue weighted by Crippen LogP contribution is -2.21. The third-order valence-electron chi connectivity index (χ3n) is 4.08. The Balaban J connectivity index is 1.91. The zero-order chi connectivity index (χ0) is 22.6. The van der Waals surface area contributed by atoms with E-state index < -0.39 is 20.9 Å². The molecule has 0 unspecified atom stereocenters. The molecule has 0 radical (unpaired) electrons. The Morgan fingerprint density at radius 2 is 1.81 bits per heavy atom. The molecule has 0 aromatic heterocycles. The van der Waals surface area contributed by atoms with Crippen molar-refractivity contribution < 1.29 is 27.6 Å². The number of hydrogen-bond donors (Lipinski definition) is 1. The SMILES string of the molecule is COc1cc(C=C2S/C(=N/S(=O)(=O)Cc3ccccc3)NC2=O)c([N+](=O)[O-])cc1OC. The number of ether oxygens (including phenoxy) is 2. The topological polar surface area (TPSA) is 137 Å². The quantitative estimate of drug-likeness (QED) is 0.376. The molecule has 0 spiro atoms. The van der Waals surface area contributed by atoms with E-state index in [0.717, 1.165) is 11.8 Å². The molecule has 1 N–H and O–H groups in total. The summed E-state index contributed by atoms with van der Waals surface area (Å²) >= 11 is 0.771. The van der Waals surface area contributed by atoms with Gasteiger partial charge in [-0.2, -0.15) is 0 Å². The summed E-state index contributed by atoms with van der Waals surface area (Å²) in [5.41, 5.74) is 0.340. The Hall–Kier alpha value is -3.38. The first kappa shape index (κ1) is 22.3. The van der Waals surface area contributed by atoms with E-state index in [1.54, 1.807) is 30.3 Å². The van der Waals surface area contributed by atoms with Gasteiger partial charge in [-0.3, -0.25) is 20.2 Å². The molecule has 1 aliphatic heterocycles. The van der Waals surface area contributed by atoms with Crippen LogP contribution in [0.1, 0.15) is 11.1 Å². The van der Waals surface area contributed by atoms with Crippen LogP contribution >= 0.6 is 11.8 Å². The number of benzene rings is 2. The second-order valence-corrected chi connectivity index (χ2v) is 8.86. The predicted molar refractivity (Wildman–Crippen MR) is 116 cm³/mol. The van der Waals surface area contributed by atoms with E-state index in [-0.39, 0.29) is 38.6 Å². The first-order valence-corrected chi connectivity index (χ1v) is 11.1. The van der Waals surface area contributed by atoms with E-state index in [4.69, 9.17) is 9.47 Å². The molecule has 31 heavy (non-hydrogen) atoms. The fraction of sp³-hybridized carbons (Fsp3) is 0.158. The molecule has 3 rings (SSSR count). The van der Waals surface area contributed by atoms with Crippen LogP contribution in [0, 0.1) is 10.1 Å². The molecule has 1 amide bonds. The van der Waals surface area contributed by atoms with Crippen molar-refractivity contribution in [2.45, 2.75) is 5.75 Å². The molecule has 1 aliphatic rings. The van der Waals surface area contributed by atoms with Gasteiger partial charge in [0, 0.05) is 0 Å². The molecule has 1 heterocycles. The lowest BCUT2D eigenvalue weighted by molar-refractivity contribution is -0.385. The highest BCUT2D eigenvalue weighted by atomic mass is 32.2. The van der Waals surface area contributed by atoms with E-state index >= 15 is 0 Å². The average Bonchev–Trinajstić information content (AvgIpc) is 3.05. The molecule has 10 nitrogen and oxygen atoms in total. The maximum Gasteiger partial charge on any atom is 0.280 e. The molecule has 2 aromatic carbocycles. The van der Waals surface area contributed by atoms with Gasteiger partial charge in [-0.25, -0.2) is 8.42 Å². The van der Waals surface area contributed by atoms with Gasteiger partial charge in [0.15, 0.2) is 16.7 Å². The molecule has 0 aliphatic carbocycles. The van der Waals surface area contributed by atoms with Gasteiger partial charge in [-0.15, -0.1) is 4.40 Å². The Morgan fingerprint density at radius 3 is 2.42 bits per heavy atom. The van der Waals surface area contributed by atoms with Gasteiger partial charge in [0.1, 0.15) is 0 Å². The molecule has 0 saturated carbocycles. The summed E-state index contributed by atoms with van der Waals surface area (Å²) in [6.45, 7) is 0. The Morgan fingerprint density at radius 1 is 1.16 bits per heavy atom. The number of amides is 1. The minimum Gasteiger partial charge on any atom is -0.493 e. The number of sulfonamides is 1. The smallest absolute Gasteiger partial charge is 0.280 e. The van der Waals surface area contributed by atoms with E-state index in [1.807, 2.05) is 0 Å². The lowest BCUT2D eigenvalue weighted by atomic mass is 10.1. The van der Waals surface area contributed by atoms with E-state index in [0.29, 0.717) is 5.56 Å². The van der Waals surface area contributed by atoms with Crippen LogP contribution in [0.5, 0.6) is 11.5 Å². The van der Waals surface area contributed by atoms with Gasteiger partial charge in [-0.1, -0.05) is 30.3 Å². The van der Waals surface area contributed by atoms with Crippen molar-refractivity contribution >= 4 is 44.6 Å². The number of nitrogens with zero attached hydrogens (tertiary/aromatic N) is 2. The summed E-state index contributed by atoms with van der Waals surface area (Å²) in [6, 6.07) is 11.0. The van der Waals surface area contributed by atoms with Crippen molar-refractivity contribution in [1.82, 2.24) is 5.32 Å². The number of carbonyl (C=O) groups excluding carboxylic acids is 1. The third kappa shape index (κ3) is 5.41. The second kappa shape index (κ2) is 9.18. The summed E-state index contributed by atoms with van der Waals surface area (Å²) in [5.74, 6) is -0.548. The minimum atomic E-state index is -3.90. The van der Waals surface area contributed by atoms with Crippen molar-refractivity contribution in [2.24, 2.45) is 4.40 Å². The molecule has 0 bridgehead atoms. The standard InChI is InChI=1S/C19H17N3O7S2/c1-28-15-8-13(14(22(24)25)10-16(15)29-2)9-17-18(23)20-19(30-17)21-31(26,27)11-12-6-4-3-5-7-12/h3-10H,11H2,1-2H3,(H,20,21,23). The molecular weight excluding hydrogens is 446 g/mol. The number of nitro groups is 1. The summed E-state index contributed by atoms with van der Waals surface area (Å²) in [5, 5.41) is 13.7. The molecule has 162 valence electrons. The first-order chi connectivity index (χ1) is 14.7. The van der Waals surface area contributed by atoms with Gasteiger partial charge in [0.25, 0.3) is 21.6 Å². The van der Waals surface area contributed by atoms with Gasteiger partial charge < -0.3 is 9.47 Å². The minimum absolute atomic E-state index is 0.0454. The van der Waals surface area contributed by atoms with Crippen LogP contribution < -0.4 is 14.8 Å². The van der Waals surface area contributed by atoms with Crippen LogP contribution in [0.25, 0.3) is 6.08 Å². The summed E-state index contributed by atoms with van der Waals surface area (Å²) in [4.78, 5) is 23.2. The number of nitrogens with one attached hydrogen (secondary N) is 1. The number of carbonyl (C=O) groups is 1. The predicted octanol–water partition coefficient (Wildman–Crippen LogP) is 2.70. The Kier molecular flexibility index (Phi) is 6.61. The van der Waals surface area contributed by atoms with Crippen LogP contribution in [0.3, 0.4) is 0 Å². The fourth-order valence-corrected chi connectivity index (χ4v) is 4.86. The summed E-state index contributed by atoms with van der Waals surface area (Å²) < 4.78 is 38.6. The largest absolute Gasteiger partial charge is 0.493 e. The number of amidine groups is 1. The van der Waals surface area contributed by atoms with E-state index in [1.165, 1.54) is 32.4 Å². The number of hydrogen-bond acceptors (Lipinski definition) is 8. The highest BCUT2D eigenvalue weighted by molar-refractivity contribution is 8.19. The number of nitro benzene ring substituents is 1. The second-order valence-electron chi connectivity index (χ2n) is 6.20. The molecular formula is C19H17N3O7S2. The van der Waals surface area contributed by atoms with Crippen LogP contribution in [-0.2, 0) is 20.6 Å². The van der Waals surface area contributed by atoms with Gasteiger partial charge in [0.05, 0.1) is 41.4 Å². The van der Waals surface area contributed by atoms with E-state index in [9.17, 15) is 23.3 Å². The highest BCUT2D eigenvalue weighted by Crippen LogP contribution is 2.37. The molecule has 1 fully saturated rings. The molecule has 1 saturated heterocycles. The maximum atomic E-state index is 12.3. The van der Waals surface area contributed by atoms with Crippen molar-refractivity contribution in [2.75, 3.05) is 14.2 Å². The van der Waals surface area contributed by atoms with Crippen molar-refractivity contribution in [3.63, 3.8) is 0 Å². The lowest BCUT2D eigenvalue weighted by Gasteiger charge is -2.08. The van der Waals surface area contributed by atoms with Crippen molar-refractivity contribution in [3.05, 3.63) is 68.6 Å². The van der Waals surface area contributed by atoms with Crippen LogP contribution in [0.15, 0.2) is 51.8 Å². The van der Waals surface area contributed by atoms with Crippen LogP contribution in [-0.4, -0.2) is 38.6 Å².